The van der Waals surface area contributed by atoms with Crippen molar-refractivity contribution >= 4 is 10.8 Å². The molecule has 1 nitrogen and oxygen atoms in total. The molecule has 1 heterocycles. The summed E-state index contributed by atoms with van der Waals surface area (Å²) < 4.78 is 6.26. The molecule has 0 amide bonds. The van der Waals surface area contributed by atoms with Crippen LogP contribution >= 0.6 is 0 Å². The lowest BCUT2D eigenvalue weighted by molar-refractivity contribution is -0.0446. The van der Waals surface area contributed by atoms with Crippen LogP contribution in [0.2, 0.25) is 0 Å². The third kappa shape index (κ3) is 1.58. The number of hydrogen-bond acceptors (Lipinski definition) is 1. The van der Waals surface area contributed by atoms with Crippen LogP contribution in [0.25, 0.3) is 10.8 Å². The Labute approximate surface area is 113 Å². The highest BCUT2D eigenvalue weighted by atomic mass is 16.5. The van der Waals surface area contributed by atoms with Crippen molar-refractivity contribution in [2.75, 3.05) is 0 Å². The van der Waals surface area contributed by atoms with Crippen LogP contribution in [0.3, 0.4) is 0 Å². The first-order chi connectivity index (χ1) is 9.28. The van der Waals surface area contributed by atoms with Gasteiger partial charge in [-0.2, -0.15) is 0 Å². The standard InChI is InChI=1S/C18H18O/c1-13-8-10-18(11-9-13)17-15(12-19-18)7-6-14-4-2-3-5-16(14)17/h2-8H,9-12H2,1H3/t18-/m1/s1. The van der Waals surface area contributed by atoms with E-state index in [0.717, 1.165) is 25.9 Å². The SMILES string of the molecule is CC1=CC[C@]2(CC1)OCc1ccc3ccccc3c12. The Hall–Kier alpha value is -1.60. The van der Waals surface area contributed by atoms with Crippen molar-refractivity contribution in [3.05, 3.63) is 59.2 Å². The molecule has 1 atom stereocenters. The summed E-state index contributed by atoms with van der Waals surface area (Å²) in [5.74, 6) is 0. The number of allylic oxidation sites excluding steroid dienone is 1. The summed E-state index contributed by atoms with van der Waals surface area (Å²) in [5, 5.41) is 2.71. The third-order valence-corrected chi connectivity index (χ3v) is 4.68. The van der Waals surface area contributed by atoms with Gasteiger partial charge >= 0.3 is 0 Å². The van der Waals surface area contributed by atoms with Crippen molar-refractivity contribution < 1.29 is 4.74 Å². The summed E-state index contributed by atoms with van der Waals surface area (Å²) in [5.41, 5.74) is 4.28. The highest BCUT2D eigenvalue weighted by molar-refractivity contribution is 5.88. The minimum atomic E-state index is -0.0598. The second kappa shape index (κ2) is 3.94. The molecule has 4 rings (SSSR count). The number of ether oxygens (including phenoxy) is 1. The Kier molecular flexibility index (Phi) is 2.33. The molecule has 2 aromatic carbocycles. The molecule has 0 bridgehead atoms. The summed E-state index contributed by atoms with van der Waals surface area (Å²) in [4.78, 5) is 0. The maximum absolute atomic E-state index is 6.26. The third-order valence-electron chi connectivity index (χ3n) is 4.68. The Morgan fingerprint density at radius 3 is 2.84 bits per heavy atom. The lowest BCUT2D eigenvalue weighted by Gasteiger charge is -2.33. The minimum Gasteiger partial charge on any atom is -0.365 e. The Morgan fingerprint density at radius 2 is 2.00 bits per heavy atom. The van der Waals surface area contributed by atoms with Gasteiger partial charge in [-0.3, -0.25) is 0 Å². The van der Waals surface area contributed by atoms with E-state index in [2.05, 4.69) is 49.4 Å². The van der Waals surface area contributed by atoms with Gasteiger partial charge in [-0.15, -0.1) is 0 Å². The number of rotatable bonds is 0. The zero-order valence-corrected chi connectivity index (χ0v) is 11.3. The van der Waals surface area contributed by atoms with Gasteiger partial charge in [0.25, 0.3) is 0 Å². The Morgan fingerprint density at radius 1 is 1.11 bits per heavy atom. The highest BCUT2D eigenvalue weighted by Crippen LogP contribution is 2.48. The molecular formula is C18H18O. The van der Waals surface area contributed by atoms with Crippen molar-refractivity contribution in [2.24, 2.45) is 0 Å². The van der Waals surface area contributed by atoms with Gasteiger partial charge in [-0.25, -0.2) is 0 Å². The van der Waals surface area contributed by atoms with Crippen molar-refractivity contribution in [3.63, 3.8) is 0 Å². The van der Waals surface area contributed by atoms with Gasteiger partial charge in [-0.05, 0) is 48.1 Å². The number of hydrogen-bond donors (Lipinski definition) is 0. The van der Waals surface area contributed by atoms with E-state index in [1.807, 2.05) is 0 Å². The molecule has 19 heavy (non-hydrogen) atoms. The first kappa shape index (κ1) is 11.2. The molecule has 1 aliphatic carbocycles. The first-order valence-corrected chi connectivity index (χ1v) is 7.09. The van der Waals surface area contributed by atoms with Crippen LogP contribution in [0, 0.1) is 0 Å². The normalized spacial score (nSPS) is 25.6. The Bertz CT molecular complexity index is 683. The van der Waals surface area contributed by atoms with E-state index in [-0.39, 0.29) is 5.60 Å². The molecule has 0 fully saturated rings. The van der Waals surface area contributed by atoms with E-state index in [9.17, 15) is 0 Å². The summed E-state index contributed by atoms with van der Waals surface area (Å²) in [6.45, 7) is 3.00. The van der Waals surface area contributed by atoms with Crippen molar-refractivity contribution in [1.82, 2.24) is 0 Å². The van der Waals surface area contributed by atoms with Crippen LogP contribution in [-0.4, -0.2) is 0 Å². The van der Waals surface area contributed by atoms with Gasteiger partial charge in [-0.1, -0.05) is 48.0 Å². The fraction of sp³-hybridized carbons (Fsp3) is 0.333. The largest absolute Gasteiger partial charge is 0.365 e. The summed E-state index contributed by atoms with van der Waals surface area (Å²) in [7, 11) is 0. The molecule has 96 valence electrons. The van der Waals surface area contributed by atoms with Crippen LogP contribution in [0.15, 0.2) is 48.0 Å². The molecule has 0 saturated carbocycles. The minimum absolute atomic E-state index is 0.0598. The predicted octanol–water partition coefficient (Wildman–Crippen LogP) is 4.70. The molecule has 1 spiro atoms. The molecule has 0 saturated heterocycles. The van der Waals surface area contributed by atoms with E-state index in [0.29, 0.717) is 0 Å². The number of benzene rings is 2. The van der Waals surface area contributed by atoms with Crippen molar-refractivity contribution in [1.29, 1.82) is 0 Å². The monoisotopic (exact) mass is 250 g/mol. The molecule has 0 unspecified atom stereocenters. The van der Waals surface area contributed by atoms with Gasteiger partial charge in [0.15, 0.2) is 0 Å². The van der Waals surface area contributed by atoms with Crippen molar-refractivity contribution in [2.45, 2.75) is 38.4 Å². The average Bonchev–Trinajstić information content (AvgIpc) is 2.82. The van der Waals surface area contributed by atoms with Gasteiger partial charge in [0, 0.05) is 0 Å². The van der Waals surface area contributed by atoms with Crippen molar-refractivity contribution in [3.8, 4) is 0 Å². The Balaban J connectivity index is 1.96. The van der Waals surface area contributed by atoms with E-state index < -0.39 is 0 Å². The predicted molar refractivity (Wildman–Crippen MR) is 78.0 cm³/mol. The van der Waals surface area contributed by atoms with E-state index >= 15 is 0 Å². The highest BCUT2D eigenvalue weighted by Gasteiger charge is 2.41. The fourth-order valence-corrected chi connectivity index (χ4v) is 3.56. The van der Waals surface area contributed by atoms with E-state index in [1.54, 1.807) is 0 Å². The fourth-order valence-electron chi connectivity index (χ4n) is 3.56. The van der Waals surface area contributed by atoms with Gasteiger partial charge in [0.05, 0.1) is 12.2 Å². The number of fused-ring (bicyclic) bond motifs is 4. The molecule has 0 aromatic heterocycles. The summed E-state index contributed by atoms with van der Waals surface area (Å²) >= 11 is 0. The smallest absolute Gasteiger partial charge is 0.0982 e. The van der Waals surface area contributed by atoms with Crippen LogP contribution < -0.4 is 0 Å². The van der Waals surface area contributed by atoms with E-state index in [4.69, 9.17) is 4.74 Å². The zero-order chi connectivity index (χ0) is 12.9. The second-order valence-corrected chi connectivity index (χ2v) is 5.86. The average molecular weight is 250 g/mol. The molecule has 1 heteroatoms. The van der Waals surface area contributed by atoms with Crippen LogP contribution in [0.1, 0.15) is 37.3 Å². The molecular weight excluding hydrogens is 232 g/mol. The second-order valence-electron chi connectivity index (χ2n) is 5.86. The molecule has 0 radical (unpaired) electrons. The van der Waals surface area contributed by atoms with Gasteiger partial charge in [0.1, 0.15) is 0 Å². The quantitative estimate of drug-likeness (QED) is 0.616. The van der Waals surface area contributed by atoms with E-state index in [1.165, 1.54) is 27.5 Å². The molecule has 0 N–H and O–H groups in total. The van der Waals surface area contributed by atoms with Crippen LogP contribution in [0.4, 0.5) is 0 Å². The maximum atomic E-state index is 6.26. The first-order valence-electron chi connectivity index (χ1n) is 7.09. The summed E-state index contributed by atoms with van der Waals surface area (Å²) in [6, 6.07) is 13.2. The van der Waals surface area contributed by atoms with Gasteiger partial charge in [0.2, 0.25) is 0 Å². The lowest BCUT2D eigenvalue weighted by atomic mass is 9.78. The topological polar surface area (TPSA) is 9.23 Å². The summed E-state index contributed by atoms with van der Waals surface area (Å²) in [6.07, 6.45) is 5.67. The molecule has 1 aliphatic heterocycles. The maximum Gasteiger partial charge on any atom is 0.0982 e. The molecule has 2 aromatic rings. The van der Waals surface area contributed by atoms with Crippen LogP contribution in [-0.2, 0) is 16.9 Å². The van der Waals surface area contributed by atoms with Gasteiger partial charge < -0.3 is 4.74 Å². The molecule has 2 aliphatic rings. The van der Waals surface area contributed by atoms with Crippen LogP contribution in [0.5, 0.6) is 0 Å². The lowest BCUT2D eigenvalue weighted by Crippen LogP contribution is -2.27. The zero-order valence-electron chi connectivity index (χ0n) is 11.3.